The van der Waals surface area contributed by atoms with Gasteiger partial charge in [0, 0.05) is 34.3 Å². The fraction of sp³-hybridized carbons (Fsp3) is 0.154. The number of hydrogen-bond acceptors (Lipinski definition) is 4. The number of hydrogen-bond donors (Lipinski definition) is 2. The van der Waals surface area contributed by atoms with Crippen molar-refractivity contribution in [1.29, 1.82) is 0 Å². The van der Waals surface area contributed by atoms with E-state index in [2.05, 4.69) is 21.2 Å². The number of aromatic amines is 1. The quantitative estimate of drug-likeness (QED) is 0.392. The molecule has 0 saturated carbocycles. The van der Waals surface area contributed by atoms with Crippen LogP contribution in [0.4, 0.5) is 4.39 Å². The highest BCUT2D eigenvalue weighted by Crippen LogP contribution is 2.27. The third-order valence-corrected chi connectivity index (χ3v) is 5.70. The highest BCUT2D eigenvalue weighted by molar-refractivity contribution is 5.87. The standard InChI is InChI=1S/C26H23FN4O/c1-16-24-12-17(7-9-26(24)31-30-16)19-11-21(14-29-13-19)32-15-20(28)10-18-6-8-25(27)23-5-3-2-4-22(18)23/h2-9,11-14,20H,10,15,28H2,1H3,(H,30,31)/t20-/m0/s1. The molecule has 0 fully saturated rings. The van der Waals surface area contributed by atoms with Crippen LogP contribution >= 0.6 is 0 Å². The van der Waals surface area contributed by atoms with E-state index in [1.807, 2.05) is 49.5 Å². The average Bonchev–Trinajstić information content (AvgIpc) is 3.20. The number of aromatic nitrogens is 3. The highest BCUT2D eigenvalue weighted by atomic mass is 19.1. The number of H-pyrrole nitrogens is 1. The number of nitrogens with two attached hydrogens (primary N) is 1. The fourth-order valence-electron chi connectivity index (χ4n) is 4.02. The molecule has 0 bridgehead atoms. The van der Waals surface area contributed by atoms with Crippen LogP contribution in [0.25, 0.3) is 32.8 Å². The SMILES string of the molecule is Cc1[nH]nc2ccc(-c3cncc(OC[C@@H](N)Cc4ccc(F)c5ccccc45)c3)cc12. The zero-order chi connectivity index (χ0) is 22.1. The van der Waals surface area contributed by atoms with Gasteiger partial charge in [-0.1, -0.05) is 36.4 Å². The molecule has 5 nitrogen and oxygen atoms in total. The van der Waals surface area contributed by atoms with Gasteiger partial charge in [0.25, 0.3) is 0 Å². The molecule has 0 aliphatic rings. The second kappa shape index (κ2) is 8.40. The van der Waals surface area contributed by atoms with Crippen LogP contribution in [0.15, 0.2) is 73.1 Å². The van der Waals surface area contributed by atoms with Crippen LogP contribution in [-0.2, 0) is 6.42 Å². The summed E-state index contributed by atoms with van der Waals surface area (Å²) in [5.74, 6) is 0.437. The molecule has 160 valence electrons. The van der Waals surface area contributed by atoms with E-state index in [4.69, 9.17) is 10.5 Å². The predicted octanol–water partition coefficient (Wildman–Crippen LogP) is 5.17. The third kappa shape index (κ3) is 3.92. The Morgan fingerprint density at radius 1 is 0.969 bits per heavy atom. The molecule has 32 heavy (non-hydrogen) atoms. The number of nitrogens with one attached hydrogen (secondary N) is 1. The summed E-state index contributed by atoms with van der Waals surface area (Å²) >= 11 is 0. The number of rotatable bonds is 6. The topological polar surface area (TPSA) is 76.8 Å². The van der Waals surface area contributed by atoms with E-state index >= 15 is 0 Å². The first-order valence-electron chi connectivity index (χ1n) is 10.5. The Bertz CT molecular complexity index is 1410. The number of ether oxygens (including phenoxy) is 1. The maximum absolute atomic E-state index is 14.1. The Labute approximate surface area is 185 Å². The minimum atomic E-state index is -0.238. The van der Waals surface area contributed by atoms with Crippen LogP contribution in [0, 0.1) is 12.7 Å². The Hall–Kier alpha value is -3.77. The highest BCUT2D eigenvalue weighted by Gasteiger charge is 2.11. The monoisotopic (exact) mass is 426 g/mol. The first kappa shape index (κ1) is 20.2. The normalized spacial score (nSPS) is 12.3. The number of fused-ring (bicyclic) bond motifs is 2. The zero-order valence-electron chi connectivity index (χ0n) is 17.7. The van der Waals surface area contributed by atoms with Crippen molar-refractivity contribution in [2.75, 3.05) is 6.61 Å². The van der Waals surface area contributed by atoms with Crippen molar-refractivity contribution in [2.24, 2.45) is 5.73 Å². The van der Waals surface area contributed by atoms with Crippen molar-refractivity contribution in [3.8, 4) is 16.9 Å². The van der Waals surface area contributed by atoms with Crippen molar-refractivity contribution in [1.82, 2.24) is 15.2 Å². The molecule has 1 atom stereocenters. The molecule has 0 spiro atoms. The summed E-state index contributed by atoms with van der Waals surface area (Å²) in [6.07, 6.45) is 4.09. The molecule has 6 heteroatoms. The van der Waals surface area contributed by atoms with Crippen molar-refractivity contribution in [3.05, 3.63) is 90.1 Å². The molecular formula is C26H23FN4O. The van der Waals surface area contributed by atoms with Crippen LogP contribution in [0.1, 0.15) is 11.3 Å². The molecule has 0 radical (unpaired) electrons. The van der Waals surface area contributed by atoms with E-state index in [1.165, 1.54) is 6.07 Å². The Kier molecular flexibility index (Phi) is 5.29. The first-order chi connectivity index (χ1) is 15.6. The fourth-order valence-corrected chi connectivity index (χ4v) is 4.02. The number of pyridine rings is 1. The van der Waals surface area contributed by atoms with Crippen molar-refractivity contribution in [3.63, 3.8) is 0 Å². The van der Waals surface area contributed by atoms with Crippen LogP contribution in [0.3, 0.4) is 0 Å². The predicted molar refractivity (Wildman–Crippen MR) is 125 cm³/mol. The smallest absolute Gasteiger partial charge is 0.138 e. The summed E-state index contributed by atoms with van der Waals surface area (Å²) in [4.78, 5) is 4.33. The van der Waals surface area contributed by atoms with Gasteiger partial charge < -0.3 is 10.5 Å². The average molecular weight is 426 g/mol. The van der Waals surface area contributed by atoms with Gasteiger partial charge in [0.05, 0.1) is 11.7 Å². The van der Waals surface area contributed by atoms with Gasteiger partial charge >= 0.3 is 0 Å². The lowest BCUT2D eigenvalue weighted by molar-refractivity contribution is 0.287. The Balaban J connectivity index is 1.30. The van der Waals surface area contributed by atoms with Crippen molar-refractivity contribution < 1.29 is 9.13 Å². The Morgan fingerprint density at radius 3 is 2.69 bits per heavy atom. The van der Waals surface area contributed by atoms with Gasteiger partial charge in [0.2, 0.25) is 0 Å². The molecule has 5 aromatic rings. The number of aryl methyl sites for hydroxylation is 1. The summed E-state index contributed by atoms with van der Waals surface area (Å²) in [6, 6.07) is 18.6. The molecular weight excluding hydrogens is 403 g/mol. The Morgan fingerprint density at radius 2 is 1.81 bits per heavy atom. The van der Waals surface area contributed by atoms with Gasteiger partial charge in [0.15, 0.2) is 0 Å². The van der Waals surface area contributed by atoms with Gasteiger partial charge in [-0.15, -0.1) is 0 Å². The maximum atomic E-state index is 14.1. The lowest BCUT2D eigenvalue weighted by Gasteiger charge is -2.15. The minimum absolute atomic E-state index is 0.221. The molecule has 2 aromatic heterocycles. The summed E-state index contributed by atoms with van der Waals surface area (Å²) in [7, 11) is 0. The molecule has 0 aliphatic heterocycles. The van der Waals surface area contributed by atoms with Crippen LogP contribution in [0.2, 0.25) is 0 Å². The van der Waals surface area contributed by atoms with Gasteiger partial charge in [0.1, 0.15) is 18.2 Å². The molecule has 5 rings (SSSR count). The van der Waals surface area contributed by atoms with Crippen LogP contribution in [0.5, 0.6) is 5.75 Å². The molecule has 3 aromatic carbocycles. The maximum Gasteiger partial charge on any atom is 0.138 e. The van der Waals surface area contributed by atoms with Gasteiger partial charge in [-0.25, -0.2) is 4.39 Å². The molecule has 0 unspecified atom stereocenters. The summed E-state index contributed by atoms with van der Waals surface area (Å²) < 4.78 is 20.0. The second-order valence-electron chi connectivity index (χ2n) is 8.02. The molecule has 0 amide bonds. The second-order valence-corrected chi connectivity index (χ2v) is 8.02. The van der Waals surface area contributed by atoms with E-state index in [9.17, 15) is 4.39 Å². The molecule has 2 heterocycles. The number of nitrogens with zero attached hydrogens (tertiary/aromatic N) is 2. The van der Waals surface area contributed by atoms with E-state index < -0.39 is 0 Å². The van der Waals surface area contributed by atoms with Crippen LogP contribution in [-0.4, -0.2) is 27.8 Å². The van der Waals surface area contributed by atoms with E-state index in [0.717, 1.165) is 38.7 Å². The molecule has 3 N–H and O–H groups in total. The third-order valence-electron chi connectivity index (χ3n) is 5.70. The number of benzene rings is 3. The molecule has 0 saturated heterocycles. The van der Waals surface area contributed by atoms with Crippen molar-refractivity contribution in [2.45, 2.75) is 19.4 Å². The number of halogens is 1. The van der Waals surface area contributed by atoms with Crippen LogP contribution < -0.4 is 10.5 Å². The summed E-state index contributed by atoms with van der Waals surface area (Å²) in [5.41, 5.74) is 11.3. The largest absolute Gasteiger partial charge is 0.490 e. The van der Waals surface area contributed by atoms with Gasteiger partial charge in [-0.05, 0) is 54.1 Å². The zero-order valence-corrected chi connectivity index (χ0v) is 17.7. The van der Waals surface area contributed by atoms with Crippen molar-refractivity contribution >= 4 is 21.7 Å². The van der Waals surface area contributed by atoms with Gasteiger partial charge in [-0.3, -0.25) is 10.1 Å². The van der Waals surface area contributed by atoms with E-state index in [-0.39, 0.29) is 11.9 Å². The summed E-state index contributed by atoms with van der Waals surface area (Å²) in [5, 5.41) is 9.87. The first-order valence-corrected chi connectivity index (χ1v) is 10.5. The van der Waals surface area contributed by atoms with E-state index in [0.29, 0.717) is 24.2 Å². The summed E-state index contributed by atoms with van der Waals surface area (Å²) in [6.45, 7) is 2.33. The lowest BCUT2D eigenvalue weighted by atomic mass is 9.99. The van der Waals surface area contributed by atoms with Gasteiger partial charge in [-0.2, -0.15) is 5.10 Å². The minimum Gasteiger partial charge on any atom is -0.490 e. The molecule has 0 aliphatic carbocycles. The lowest BCUT2D eigenvalue weighted by Crippen LogP contribution is -2.30. The van der Waals surface area contributed by atoms with E-state index in [1.54, 1.807) is 18.3 Å².